The summed E-state index contributed by atoms with van der Waals surface area (Å²) in [5, 5.41) is 0. The molecule has 1 atom stereocenters. The van der Waals surface area contributed by atoms with E-state index in [0.29, 0.717) is 4.87 Å². The summed E-state index contributed by atoms with van der Waals surface area (Å²) in [6.45, 7) is 13.2. The minimum atomic E-state index is -1.54. The van der Waals surface area contributed by atoms with E-state index in [-0.39, 0.29) is 0 Å². The molecular formula is C16H38O2SSi2. The van der Waals surface area contributed by atoms with Crippen LogP contribution in [0.15, 0.2) is 0 Å². The van der Waals surface area contributed by atoms with Crippen molar-refractivity contribution in [2.75, 3.05) is 13.2 Å². The van der Waals surface area contributed by atoms with Gasteiger partial charge in [-0.2, -0.15) is 12.6 Å². The van der Waals surface area contributed by atoms with Gasteiger partial charge in [0.1, 0.15) is 0 Å². The molecule has 0 aliphatic carbocycles. The number of unbranched alkanes of at least 4 members (excludes halogenated alkanes) is 2. The van der Waals surface area contributed by atoms with Crippen molar-refractivity contribution < 1.29 is 8.85 Å². The van der Waals surface area contributed by atoms with Crippen molar-refractivity contribution in [1.29, 1.82) is 0 Å². The highest BCUT2D eigenvalue weighted by molar-refractivity contribution is 7.83. The molecule has 5 heteroatoms. The molecule has 0 bridgehead atoms. The Kier molecular flexibility index (Phi) is 13.6. The van der Waals surface area contributed by atoms with Gasteiger partial charge in [-0.25, -0.2) is 0 Å². The van der Waals surface area contributed by atoms with Crippen molar-refractivity contribution in [2.45, 2.75) is 89.4 Å². The molecule has 0 N–H and O–H groups in total. The van der Waals surface area contributed by atoms with Gasteiger partial charge in [0, 0.05) is 13.2 Å². The molecule has 0 heterocycles. The summed E-state index contributed by atoms with van der Waals surface area (Å²) >= 11 is 5.02. The van der Waals surface area contributed by atoms with Gasteiger partial charge in [0.25, 0.3) is 0 Å². The number of hydrogen-bond donors (Lipinski definition) is 1. The van der Waals surface area contributed by atoms with Gasteiger partial charge in [0.15, 0.2) is 0 Å². The molecule has 0 saturated carbocycles. The Hall–Kier alpha value is 0.704. The lowest BCUT2D eigenvalue weighted by molar-refractivity contribution is 0.192. The molecule has 0 aliphatic rings. The summed E-state index contributed by atoms with van der Waals surface area (Å²) in [6, 6.07) is 5.09. The van der Waals surface area contributed by atoms with Crippen LogP contribution in [-0.4, -0.2) is 35.4 Å². The van der Waals surface area contributed by atoms with Gasteiger partial charge in [0.05, 0.1) is 8.07 Å². The molecule has 0 unspecified atom stereocenters. The third-order valence-electron chi connectivity index (χ3n) is 4.84. The molecule has 2 nitrogen and oxygen atoms in total. The number of rotatable bonds is 14. The largest absolute Gasteiger partial charge is 0.397 e. The lowest BCUT2D eigenvalue weighted by Gasteiger charge is -2.35. The molecule has 0 spiro atoms. The second kappa shape index (κ2) is 13.2. The van der Waals surface area contributed by atoms with Crippen LogP contribution >= 0.6 is 12.6 Å². The minimum Gasteiger partial charge on any atom is -0.397 e. The van der Waals surface area contributed by atoms with Crippen LogP contribution < -0.4 is 0 Å². The molecule has 0 saturated heterocycles. The third-order valence-corrected chi connectivity index (χ3v) is 15.5. The van der Waals surface area contributed by atoms with E-state index in [0.717, 1.165) is 32.1 Å². The van der Waals surface area contributed by atoms with Gasteiger partial charge in [0.2, 0.25) is 0 Å². The first-order valence-corrected chi connectivity index (χ1v) is 14.0. The molecule has 21 heavy (non-hydrogen) atoms. The first-order chi connectivity index (χ1) is 10.1. The van der Waals surface area contributed by atoms with E-state index >= 15 is 0 Å². The van der Waals surface area contributed by atoms with Crippen molar-refractivity contribution in [3.8, 4) is 0 Å². The second-order valence-corrected chi connectivity index (χ2v) is 14.7. The third kappa shape index (κ3) is 8.21. The Morgan fingerprint density at radius 2 is 1.29 bits per heavy atom. The fraction of sp³-hybridized carbons (Fsp3) is 1.00. The number of thiol groups is 1. The van der Waals surface area contributed by atoms with Gasteiger partial charge in [-0.3, -0.25) is 0 Å². The van der Waals surface area contributed by atoms with Crippen molar-refractivity contribution in [1.82, 2.24) is 0 Å². The monoisotopic (exact) mass is 350 g/mol. The van der Waals surface area contributed by atoms with Gasteiger partial charge in [-0.15, -0.1) is 0 Å². The fourth-order valence-electron chi connectivity index (χ4n) is 2.79. The van der Waals surface area contributed by atoms with Gasteiger partial charge in [-0.1, -0.05) is 65.6 Å². The summed E-state index contributed by atoms with van der Waals surface area (Å²) in [5.41, 5.74) is 0. The maximum Gasteiger partial charge on any atom is 0.322 e. The van der Waals surface area contributed by atoms with Crippen LogP contribution in [0, 0.1) is 0 Å². The van der Waals surface area contributed by atoms with Gasteiger partial charge >= 0.3 is 9.28 Å². The lowest BCUT2D eigenvalue weighted by atomic mass is 10.4. The molecule has 0 fully saturated rings. The standard InChI is InChI=1S/C16H38O2SSi2/c1-6-11-13-17-20(18-14-12-7-2)15-16(19)21(8-3,9-4)10-5/h16,19-20H,6-15H2,1-5H3/t16-/m1/s1. The predicted molar refractivity (Wildman–Crippen MR) is 104 cm³/mol. The normalized spacial score (nSPS) is 13.9. The molecule has 0 rings (SSSR count). The topological polar surface area (TPSA) is 18.5 Å². The fourth-order valence-corrected chi connectivity index (χ4v) is 12.0. The van der Waals surface area contributed by atoms with Crippen molar-refractivity contribution in [3.05, 3.63) is 0 Å². The Morgan fingerprint density at radius 3 is 1.62 bits per heavy atom. The van der Waals surface area contributed by atoms with E-state index in [1.807, 2.05) is 0 Å². The van der Waals surface area contributed by atoms with E-state index < -0.39 is 17.4 Å². The van der Waals surface area contributed by atoms with Crippen molar-refractivity contribution in [3.63, 3.8) is 0 Å². The quantitative estimate of drug-likeness (QED) is 0.264. The molecule has 0 aromatic rings. The van der Waals surface area contributed by atoms with Crippen LogP contribution in [0.3, 0.4) is 0 Å². The van der Waals surface area contributed by atoms with E-state index in [1.165, 1.54) is 31.0 Å². The Labute approximate surface area is 141 Å². The average molecular weight is 351 g/mol. The average Bonchev–Trinajstić information content (AvgIpc) is 2.50. The zero-order valence-electron chi connectivity index (χ0n) is 15.0. The first kappa shape index (κ1) is 21.7. The van der Waals surface area contributed by atoms with Crippen LogP contribution in [0.2, 0.25) is 24.2 Å². The van der Waals surface area contributed by atoms with Crippen LogP contribution in [0.4, 0.5) is 0 Å². The van der Waals surface area contributed by atoms with Gasteiger partial charge < -0.3 is 8.85 Å². The van der Waals surface area contributed by atoms with Crippen molar-refractivity contribution in [2.24, 2.45) is 0 Å². The Bertz CT molecular complexity index is 220. The maximum absolute atomic E-state index is 6.12. The highest BCUT2D eigenvalue weighted by Crippen LogP contribution is 2.31. The molecular weight excluding hydrogens is 312 g/mol. The highest BCUT2D eigenvalue weighted by Gasteiger charge is 2.36. The van der Waals surface area contributed by atoms with Crippen LogP contribution in [0.1, 0.15) is 60.3 Å². The molecule has 0 aromatic carbocycles. The summed E-state index contributed by atoms with van der Waals surface area (Å²) in [4.78, 5) is 0.539. The first-order valence-electron chi connectivity index (χ1n) is 9.01. The van der Waals surface area contributed by atoms with E-state index in [4.69, 9.17) is 21.5 Å². The zero-order chi connectivity index (χ0) is 16.1. The van der Waals surface area contributed by atoms with Crippen LogP contribution in [0.25, 0.3) is 0 Å². The Morgan fingerprint density at radius 1 is 0.857 bits per heavy atom. The maximum atomic E-state index is 6.12. The minimum absolute atomic E-state index is 0.539. The highest BCUT2D eigenvalue weighted by atomic mass is 32.1. The molecule has 0 radical (unpaired) electrons. The van der Waals surface area contributed by atoms with E-state index in [1.54, 1.807) is 0 Å². The van der Waals surface area contributed by atoms with E-state index in [9.17, 15) is 0 Å². The van der Waals surface area contributed by atoms with Crippen LogP contribution in [0.5, 0.6) is 0 Å². The summed E-state index contributed by atoms with van der Waals surface area (Å²) in [7, 11) is -2.78. The summed E-state index contributed by atoms with van der Waals surface area (Å²) in [6.07, 6.45) is 4.68. The van der Waals surface area contributed by atoms with Crippen LogP contribution in [-0.2, 0) is 8.85 Å². The zero-order valence-corrected chi connectivity index (χ0v) is 18.0. The Balaban J connectivity index is 4.52. The molecule has 0 aromatic heterocycles. The SMILES string of the molecule is CCCCO[SiH](C[C@H](S)[Si](CC)(CC)CC)OCCCC. The molecule has 128 valence electrons. The van der Waals surface area contributed by atoms with E-state index in [2.05, 4.69) is 34.6 Å². The van der Waals surface area contributed by atoms with Gasteiger partial charge in [-0.05, 0) is 23.8 Å². The smallest absolute Gasteiger partial charge is 0.322 e. The van der Waals surface area contributed by atoms with Crippen molar-refractivity contribution >= 4 is 30.0 Å². The summed E-state index contributed by atoms with van der Waals surface area (Å²) < 4.78 is 12.2. The number of hydrogen-bond acceptors (Lipinski definition) is 3. The summed E-state index contributed by atoms with van der Waals surface area (Å²) in [5.74, 6) is 0. The predicted octanol–water partition coefficient (Wildman–Crippen LogP) is 5.19. The molecule has 0 aliphatic heterocycles. The molecule has 0 amide bonds. The second-order valence-electron chi connectivity index (χ2n) is 6.05. The lowest BCUT2D eigenvalue weighted by Crippen LogP contribution is -2.45.